The van der Waals surface area contributed by atoms with E-state index in [1.54, 1.807) is 0 Å². The Morgan fingerprint density at radius 1 is 0.442 bits per heavy atom. The topological polar surface area (TPSA) is 4.93 Å². The van der Waals surface area contributed by atoms with Gasteiger partial charge in [-0.1, -0.05) is 135 Å². The molecule has 8 aromatic rings. The molecule has 0 atom stereocenters. The Hall–Kier alpha value is -5.14. The Labute approximate surface area is 252 Å². The van der Waals surface area contributed by atoms with E-state index < -0.39 is 0 Å². The molecule has 0 spiro atoms. The molecule has 0 fully saturated rings. The lowest BCUT2D eigenvalue weighted by atomic mass is 9.84. The van der Waals surface area contributed by atoms with Crippen LogP contribution in [0.3, 0.4) is 0 Å². The number of aryl methyl sites for hydroxylation is 1. The fraction of sp³-hybridized carbons (Fsp3) is 0.0952. The van der Waals surface area contributed by atoms with E-state index in [1.165, 1.54) is 82.4 Å². The summed E-state index contributed by atoms with van der Waals surface area (Å²) in [6.45, 7) is 6.72. The first-order valence-corrected chi connectivity index (χ1v) is 15.2. The van der Waals surface area contributed by atoms with Crippen LogP contribution in [0.4, 0.5) is 0 Å². The predicted molar refractivity (Wildman–Crippen MR) is 185 cm³/mol. The molecule has 0 amide bonds. The second kappa shape index (κ2) is 10.00. The summed E-state index contributed by atoms with van der Waals surface area (Å²) >= 11 is 0. The molecule has 0 bridgehead atoms. The summed E-state index contributed by atoms with van der Waals surface area (Å²) < 4.78 is 2.42. The monoisotopic (exact) mass is 551 g/mol. The van der Waals surface area contributed by atoms with Gasteiger partial charge in [-0.25, -0.2) is 0 Å². The lowest BCUT2D eigenvalue weighted by Gasteiger charge is -2.20. The maximum Gasteiger partial charge on any atom is 0.0541 e. The molecular weight excluding hydrogens is 518 g/mol. The molecule has 1 heteroatoms. The Morgan fingerprint density at radius 3 is 1.63 bits per heavy atom. The summed E-state index contributed by atoms with van der Waals surface area (Å²) in [5.41, 5.74) is 11.4. The fourth-order valence-electron chi connectivity index (χ4n) is 6.90. The lowest BCUT2D eigenvalue weighted by Crippen LogP contribution is -1.96. The molecule has 1 aromatic heterocycles. The van der Waals surface area contributed by atoms with E-state index in [1.807, 2.05) is 0 Å². The van der Waals surface area contributed by atoms with E-state index in [4.69, 9.17) is 0 Å². The van der Waals surface area contributed by atoms with Gasteiger partial charge >= 0.3 is 0 Å². The summed E-state index contributed by atoms with van der Waals surface area (Å²) in [4.78, 5) is 0. The van der Waals surface area contributed by atoms with E-state index in [0.29, 0.717) is 5.92 Å². The molecule has 0 radical (unpaired) electrons. The van der Waals surface area contributed by atoms with Gasteiger partial charge in [0, 0.05) is 16.5 Å². The fourth-order valence-corrected chi connectivity index (χ4v) is 6.90. The molecule has 0 saturated carbocycles. The SMILES string of the molecule is Cc1ccc(-c2c3ccccc3c(-c3cccc(-n4c5ccccc5c5ccccc54)c3)c3cc(C(C)C)ccc23)cc1. The molecule has 43 heavy (non-hydrogen) atoms. The third-order valence-electron chi connectivity index (χ3n) is 9.03. The first kappa shape index (κ1) is 25.6. The van der Waals surface area contributed by atoms with Crippen molar-refractivity contribution in [3.63, 3.8) is 0 Å². The third kappa shape index (κ3) is 4.07. The van der Waals surface area contributed by atoms with Gasteiger partial charge in [-0.05, 0) is 86.5 Å². The van der Waals surface area contributed by atoms with Gasteiger partial charge in [0.05, 0.1) is 11.0 Å². The maximum atomic E-state index is 2.44. The average molecular weight is 552 g/mol. The highest BCUT2D eigenvalue weighted by atomic mass is 15.0. The molecule has 7 aromatic carbocycles. The normalized spacial score (nSPS) is 11.8. The minimum Gasteiger partial charge on any atom is -0.309 e. The van der Waals surface area contributed by atoms with Gasteiger partial charge in [-0.2, -0.15) is 0 Å². The van der Waals surface area contributed by atoms with Crippen LogP contribution < -0.4 is 0 Å². The summed E-state index contributed by atoms with van der Waals surface area (Å²) in [5.74, 6) is 0.440. The standard InChI is InChI=1S/C42H33N/c1-27(2)30-23-24-37-38(26-30)42(36-16-5-4-15-35(36)41(37)29-21-19-28(3)20-22-29)31-11-10-12-32(25-31)43-39-17-8-6-13-33(39)34-14-7-9-18-40(34)43/h4-27H,1-3H3. The zero-order chi connectivity index (χ0) is 29.1. The van der Waals surface area contributed by atoms with Crippen molar-refractivity contribution in [3.8, 4) is 27.9 Å². The second-order valence-electron chi connectivity index (χ2n) is 12.0. The van der Waals surface area contributed by atoms with Gasteiger partial charge < -0.3 is 4.57 Å². The number of benzene rings is 7. The quantitative estimate of drug-likeness (QED) is 0.192. The number of para-hydroxylation sites is 2. The van der Waals surface area contributed by atoms with Crippen molar-refractivity contribution in [2.24, 2.45) is 0 Å². The molecule has 0 aliphatic heterocycles. The molecule has 1 nitrogen and oxygen atoms in total. The number of aromatic nitrogens is 1. The van der Waals surface area contributed by atoms with Crippen LogP contribution in [0.15, 0.2) is 140 Å². The van der Waals surface area contributed by atoms with Crippen LogP contribution in [0.5, 0.6) is 0 Å². The van der Waals surface area contributed by atoms with E-state index in [9.17, 15) is 0 Å². The summed E-state index contributed by atoms with van der Waals surface area (Å²) in [6.07, 6.45) is 0. The van der Waals surface area contributed by atoms with Crippen LogP contribution in [0.2, 0.25) is 0 Å². The third-order valence-corrected chi connectivity index (χ3v) is 9.03. The van der Waals surface area contributed by atoms with Crippen LogP contribution in [-0.2, 0) is 0 Å². The highest BCUT2D eigenvalue weighted by Gasteiger charge is 2.19. The van der Waals surface area contributed by atoms with Crippen LogP contribution in [0, 0.1) is 6.92 Å². The van der Waals surface area contributed by atoms with Gasteiger partial charge in [0.1, 0.15) is 0 Å². The number of hydrogen-bond donors (Lipinski definition) is 0. The first-order chi connectivity index (χ1) is 21.1. The first-order valence-electron chi connectivity index (χ1n) is 15.2. The molecule has 0 aliphatic carbocycles. The maximum absolute atomic E-state index is 2.44. The molecular formula is C42H33N. The van der Waals surface area contributed by atoms with E-state index in [0.717, 1.165) is 0 Å². The summed E-state index contributed by atoms with van der Waals surface area (Å²) in [7, 11) is 0. The van der Waals surface area contributed by atoms with Crippen molar-refractivity contribution in [1.82, 2.24) is 4.57 Å². The predicted octanol–water partition coefficient (Wildman–Crippen LogP) is 11.9. The van der Waals surface area contributed by atoms with Crippen LogP contribution in [-0.4, -0.2) is 4.57 Å². The molecule has 206 valence electrons. The van der Waals surface area contributed by atoms with Crippen molar-refractivity contribution in [2.75, 3.05) is 0 Å². The zero-order valence-electron chi connectivity index (χ0n) is 24.8. The van der Waals surface area contributed by atoms with Crippen molar-refractivity contribution < 1.29 is 0 Å². The Balaban J connectivity index is 1.47. The molecule has 0 N–H and O–H groups in total. The minimum absolute atomic E-state index is 0.440. The van der Waals surface area contributed by atoms with E-state index >= 15 is 0 Å². The van der Waals surface area contributed by atoms with Gasteiger partial charge in [-0.15, -0.1) is 0 Å². The van der Waals surface area contributed by atoms with Crippen molar-refractivity contribution >= 4 is 43.4 Å². The highest BCUT2D eigenvalue weighted by molar-refractivity contribution is 6.21. The minimum atomic E-state index is 0.440. The molecule has 0 saturated heterocycles. The van der Waals surface area contributed by atoms with E-state index in [-0.39, 0.29) is 0 Å². The zero-order valence-corrected chi connectivity index (χ0v) is 24.8. The van der Waals surface area contributed by atoms with E-state index in [2.05, 4.69) is 165 Å². The second-order valence-corrected chi connectivity index (χ2v) is 12.0. The molecule has 0 unspecified atom stereocenters. The van der Waals surface area contributed by atoms with Crippen molar-refractivity contribution in [2.45, 2.75) is 26.7 Å². The van der Waals surface area contributed by atoms with Gasteiger partial charge in [0.2, 0.25) is 0 Å². The van der Waals surface area contributed by atoms with Gasteiger partial charge in [0.25, 0.3) is 0 Å². The smallest absolute Gasteiger partial charge is 0.0541 e. The summed E-state index contributed by atoms with van der Waals surface area (Å²) in [6, 6.07) is 51.7. The number of fused-ring (bicyclic) bond motifs is 5. The highest BCUT2D eigenvalue weighted by Crippen LogP contribution is 2.45. The number of nitrogens with zero attached hydrogens (tertiary/aromatic N) is 1. The number of hydrogen-bond acceptors (Lipinski definition) is 0. The molecule has 0 aliphatic rings. The van der Waals surface area contributed by atoms with Crippen LogP contribution in [0.1, 0.15) is 30.9 Å². The lowest BCUT2D eigenvalue weighted by molar-refractivity contribution is 0.869. The Kier molecular flexibility index (Phi) is 5.94. The van der Waals surface area contributed by atoms with Crippen molar-refractivity contribution in [3.05, 3.63) is 151 Å². The Bertz CT molecular complexity index is 2260. The van der Waals surface area contributed by atoms with Gasteiger partial charge in [0.15, 0.2) is 0 Å². The van der Waals surface area contributed by atoms with Crippen LogP contribution >= 0.6 is 0 Å². The molecule has 8 rings (SSSR count). The summed E-state index contributed by atoms with van der Waals surface area (Å²) in [5, 5.41) is 7.73. The van der Waals surface area contributed by atoms with Crippen molar-refractivity contribution in [1.29, 1.82) is 0 Å². The number of rotatable bonds is 4. The van der Waals surface area contributed by atoms with Gasteiger partial charge in [-0.3, -0.25) is 0 Å². The largest absolute Gasteiger partial charge is 0.309 e. The van der Waals surface area contributed by atoms with Crippen LogP contribution in [0.25, 0.3) is 71.3 Å². The average Bonchev–Trinajstić information content (AvgIpc) is 3.38. The Morgan fingerprint density at radius 2 is 1.00 bits per heavy atom. The molecule has 1 heterocycles.